The van der Waals surface area contributed by atoms with E-state index in [0.29, 0.717) is 35.9 Å². The third kappa shape index (κ3) is 3.70. The number of carbonyl (C=O) groups is 2. The lowest BCUT2D eigenvalue weighted by molar-refractivity contribution is -0.157. The average molecular weight is 374 g/mol. The maximum Gasteiger partial charge on any atom is 0.247 e. The summed E-state index contributed by atoms with van der Waals surface area (Å²) in [6.07, 6.45) is 0.452. The second kappa shape index (κ2) is 7.09. The molecule has 2 aromatic rings. The third-order valence-corrected chi connectivity index (χ3v) is 4.94. The zero-order valence-corrected chi connectivity index (χ0v) is 16.0. The van der Waals surface area contributed by atoms with Gasteiger partial charge in [-0.1, -0.05) is 5.16 Å². The monoisotopic (exact) mass is 374 g/mol. The van der Waals surface area contributed by atoms with Gasteiger partial charge in [0.25, 0.3) is 0 Å². The molecule has 1 aliphatic rings. The lowest BCUT2D eigenvalue weighted by Crippen LogP contribution is -2.63. The molecule has 1 saturated heterocycles. The van der Waals surface area contributed by atoms with Crippen molar-refractivity contribution < 1.29 is 18.5 Å². The number of hydrogen-bond donors (Lipinski definition) is 0. The minimum Gasteiger partial charge on any atom is -0.342 e. The fourth-order valence-corrected chi connectivity index (χ4v) is 3.26. The number of rotatable bonds is 4. The summed E-state index contributed by atoms with van der Waals surface area (Å²) in [4.78, 5) is 32.5. The molecule has 3 rings (SSSR count). The molecule has 2 heterocycles. The number of aryl methyl sites for hydroxylation is 2. The van der Waals surface area contributed by atoms with Gasteiger partial charge in [0.15, 0.2) is 0 Å². The van der Waals surface area contributed by atoms with Crippen LogP contribution in [0.15, 0.2) is 22.7 Å². The Bertz CT molecular complexity index is 878. The molecule has 1 fully saturated rings. The molecule has 0 bridgehead atoms. The fourth-order valence-electron chi connectivity index (χ4n) is 3.26. The van der Waals surface area contributed by atoms with Crippen LogP contribution in [0, 0.1) is 12.7 Å². The Morgan fingerprint density at radius 1 is 1.33 bits per heavy atom. The number of aromatic nitrogens is 2. The molecule has 27 heavy (non-hydrogen) atoms. The van der Waals surface area contributed by atoms with E-state index in [1.54, 1.807) is 49.8 Å². The molecular weight excluding hydrogens is 351 g/mol. The van der Waals surface area contributed by atoms with Gasteiger partial charge >= 0.3 is 0 Å². The molecule has 0 atom stereocenters. The highest BCUT2D eigenvalue weighted by Crippen LogP contribution is 2.23. The molecule has 0 unspecified atom stereocenters. The number of nitrogens with zero attached hydrogens (tertiary/aromatic N) is 4. The molecule has 1 aromatic heterocycles. The minimum atomic E-state index is -0.865. The number of carbonyl (C=O) groups excluding carboxylic acids is 2. The van der Waals surface area contributed by atoms with Gasteiger partial charge in [0.1, 0.15) is 11.4 Å². The Hall–Kier alpha value is -2.77. The Morgan fingerprint density at radius 2 is 2.07 bits per heavy atom. The first-order valence-corrected chi connectivity index (χ1v) is 8.85. The van der Waals surface area contributed by atoms with Crippen molar-refractivity contribution in [1.29, 1.82) is 0 Å². The van der Waals surface area contributed by atoms with E-state index >= 15 is 0 Å². The van der Waals surface area contributed by atoms with Crippen LogP contribution in [0.25, 0.3) is 11.4 Å². The highest BCUT2D eigenvalue weighted by atomic mass is 19.1. The van der Waals surface area contributed by atoms with Gasteiger partial charge in [-0.2, -0.15) is 4.98 Å². The van der Waals surface area contributed by atoms with Crippen LogP contribution in [-0.2, 0) is 16.0 Å². The largest absolute Gasteiger partial charge is 0.342 e. The molecule has 1 aliphatic heterocycles. The van der Waals surface area contributed by atoms with Gasteiger partial charge in [0.05, 0.1) is 0 Å². The van der Waals surface area contributed by atoms with Crippen molar-refractivity contribution in [3.05, 3.63) is 35.5 Å². The van der Waals surface area contributed by atoms with E-state index in [2.05, 4.69) is 10.1 Å². The zero-order chi connectivity index (χ0) is 19.8. The maximum atomic E-state index is 13.4. The summed E-state index contributed by atoms with van der Waals surface area (Å²) >= 11 is 0. The standard InChI is InChI=1S/C19H23FN4O3/c1-12-11-13(5-6-14(12)20)17-21-15(27-22-17)7-8-16(25)24-10-9-23(4)18(26)19(24,2)3/h5-6,11H,7-10H2,1-4H3. The second-order valence-electron chi connectivity index (χ2n) is 7.31. The number of amides is 2. The van der Waals surface area contributed by atoms with Crippen LogP contribution in [0.4, 0.5) is 4.39 Å². The van der Waals surface area contributed by atoms with E-state index < -0.39 is 5.54 Å². The average Bonchev–Trinajstić information content (AvgIpc) is 3.09. The number of likely N-dealkylation sites (N-methyl/N-ethyl adjacent to an activating group) is 1. The first-order chi connectivity index (χ1) is 12.7. The molecule has 144 valence electrons. The van der Waals surface area contributed by atoms with Gasteiger partial charge in [-0.05, 0) is 44.5 Å². The fraction of sp³-hybridized carbons (Fsp3) is 0.474. The number of hydrogen-bond acceptors (Lipinski definition) is 5. The van der Waals surface area contributed by atoms with Crippen molar-refractivity contribution in [2.75, 3.05) is 20.1 Å². The van der Waals surface area contributed by atoms with E-state index in [-0.39, 0.29) is 30.5 Å². The Balaban J connectivity index is 1.65. The van der Waals surface area contributed by atoms with Gasteiger partial charge in [-0.25, -0.2) is 4.39 Å². The van der Waals surface area contributed by atoms with E-state index in [1.807, 2.05) is 0 Å². The Morgan fingerprint density at radius 3 is 2.78 bits per heavy atom. The van der Waals surface area contributed by atoms with Crippen molar-refractivity contribution >= 4 is 11.8 Å². The summed E-state index contributed by atoms with van der Waals surface area (Å²) in [5.74, 6) is 0.194. The highest BCUT2D eigenvalue weighted by molar-refractivity contribution is 5.91. The first kappa shape index (κ1) is 19.0. The normalized spacial score (nSPS) is 16.7. The smallest absolute Gasteiger partial charge is 0.247 e. The summed E-state index contributed by atoms with van der Waals surface area (Å²) in [6.45, 7) is 6.19. The van der Waals surface area contributed by atoms with Crippen molar-refractivity contribution in [2.24, 2.45) is 0 Å². The van der Waals surface area contributed by atoms with Crippen molar-refractivity contribution in [3.8, 4) is 11.4 Å². The van der Waals surface area contributed by atoms with E-state index in [4.69, 9.17) is 4.52 Å². The first-order valence-electron chi connectivity index (χ1n) is 8.85. The van der Waals surface area contributed by atoms with Gasteiger partial charge in [0.2, 0.25) is 23.5 Å². The van der Waals surface area contributed by atoms with Crippen LogP contribution in [0.1, 0.15) is 31.7 Å². The highest BCUT2D eigenvalue weighted by Gasteiger charge is 2.42. The Labute approximate surface area is 157 Å². The molecule has 8 heteroatoms. The van der Waals surface area contributed by atoms with Crippen molar-refractivity contribution in [2.45, 2.75) is 39.2 Å². The van der Waals surface area contributed by atoms with E-state index in [0.717, 1.165) is 0 Å². The van der Waals surface area contributed by atoms with Crippen LogP contribution in [-0.4, -0.2) is 57.4 Å². The van der Waals surface area contributed by atoms with Crippen LogP contribution in [0.5, 0.6) is 0 Å². The molecular formula is C19H23FN4O3. The summed E-state index contributed by atoms with van der Waals surface area (Å²) in [5.41, 5.74) is 0.285. The SMILES string of the molecule is Cc1cc(-c2noc(CCC(=O)N3CCN(C)C(=O)C3(C)C)n2)ccc1F. The van der Waals surface area contributed by atoms with E-state index in [9.17, 15) is 14.0 Å². The lowest BCUT2D eigenvalue weighted by Gasteiger charge is -2.44. The summed E-state index contributed by atoms with van der Waals surface area (Å²) in [5, 5.41) is 3.90. The summed E-state index contributed by atoms with van der Waals surface area (Å²) in [7, 11) is 1.74. The van der Waals surface area contributed by atoms with Crippen molar-refractivity contribution in [1.82, 2.24) is 19.9 Å². The van der Waals surface area contributed by atoms with Crippen LogP contribution in [0.2, 0.25) is 0 Å². The van der Waals surface area contributed by atoms with Crippen LogP contribution in [0.3, 0.4) is 0 Å². The molecule has 0 saturated carbocycles. The molecule has 0 N–H and O–H groups in total. The maximum absolute atomic E-state index is 13.4. The molecule has 7 nitrogen and oxygen atoms in total. The summed E-state index contributed by atoms with van der Waals surface area (Å²) in [6, 6.07) is 4.59. The molecule has 0 aliphatic carbocycles. The topological polar surface area (TPSA) is 79.5 Å². The second-order valence-corrected chi connectivity index (χ2v) is 7.31. The predicted molar refractivity (Wildman–Crippen MR) is 96.2 cm³/mol. The summed E-state index contributed by atoms with van der Waals surface area (Å²) < 4.78 is 18.6. The lowest BCUT2D eigenvalue weighted by atomic mass is 9.97. The molecule has 0 spiro atoms. The number of halogens is 1. The minimum absolute atomic E-state index is 0.0751. The zero-order valence-electron chi connectivity index (χ0n) is 16.0. The third-order valence-electron chi connectivity index (χ3n) is 4.94. The van der Waals surface area contributed by atoms with Gasteiger partial charge < -0.3 is 14.3 Å². The number of piperazine rings is 1. The van der Waals surface area contributed by atoms with Crippen LogP contribution < -0.4 is 0 Å². The quantitative estimate of drug-likeness (QED) is 0.820. The Kier molecular flexibility index (Phi) is 4.99. The van der Waals surface area contributed by atoms with Crippen molar-refractivity contribution in [3.63, 3.8) is 0 Å². The van der Waals surface area contributed by atoms with Gasteiger partial charge in [-0.15, -0.1) is 0 Å². The number of benzene rings is 1. The van der Waals surface area contributed by atoms with Crippen LogP contribution >= 0.6 is 0 Å². The van der Waals surface area contributed by atoms with Gasteiger partial charge in [-0.3, -0.25) is 9.59 Å². The predicted octanol–water partition coefficient (Wildman–Crippen LogP) is 2.20. The molecule has 2 amide bonds. The molecule has 1 aromatic carbocycles. The van der Waals surface area contributed by atoms with Gasteiger partial charge in [0, 0.05) is 38.5 Å². The van der Waals surface area contributed by atoms with E-state index in [1.165, 1.54) is 6.07 Å². The molecule has 0 radical (unpaired) electrons.